The van der Waals surface area contributed by atoms with Gasteiger partial charge in [0.15, 0.2) is 5.78 Å². The van der Waals surface area contributed by atoms with Gasteiger partial charge in [0.2, 0.25) is 0 Å². The van der Waals surface area contributed by atoms with Crippen LogP contribution in [0.2, 0.25) is 5.02 Å². The van der Waals surface area contributed by atoms with Crippen LogP contribution in [-0.4, -0.2) is 5.78 Å². The summed E-state index contributed by atoms with van der Waals surface area (Å²) in [6.07, 6.45) is 2.21. The topological polar surface area (TPSA) is 52.9 Å². The number of carbonyl (C=O) groups excluding carboxylic acids is 1. The first-order valence-corrected chi connectivity index (χ1v) is 10.6. The maximum Gasteiger partial charge on any atom is 0.161 e. The number of rotatable bonds is 4. The number of ketones is 1. The number of Topliss-reactive ketones (excluding diaryl/α,β-unsaturated/α-hetero) is 1. The molecule has 0 radical (unpaired) electrons. The SMILES string of the molecule is N#CC1=C(SCc2ccccc2)NC2=C(C(=O)CCC2)[C@H]1c1ccc(Cl)cc1. The van der Waals surface area contributed by atoms with Gasteiger partial charge in [-0.1, -0.05) is 54.1 Å². The van der Waals surface area contributed by atoms with Crippen molar-refractivity contribution in [1.82, 2.24) is 5.32 Å². The highest BCUT2D eigenvalue weighted by molar-refractivity contribution is 8.02. The maximum absolute atomic E-state index is 12.8. The van der Waals surface area contributed by atoms with E-state index in [0.717, 1.165) is 40.5 Å². The van der Waals surface area contributed by atoms with Crippen LogP contribution < -0.4 is 5.32 Å². The van der Waals surface area contributed by atoms with Gasteiger partial charge in [0.05, 0.1) is 22.6 Å². The molecule has 0 fully saturated rings. The first kappa shape index (κ1) is 18.9. The Morgan fingerprint density at radius 3 is 2.57 bits per heavy atom. The summed E-state index contributed by atoms with van der Waals surface area (Å²) < 4.78 is 0. The van der Waals surface area contributed by atoms with Crippen molar-refractivity contribution in [2.24, 2.45) is 0 Å². The highest BCUT2D eigenvalue weighted by atomic mass is 35.5. The molecule has 3 nitrogen and oxygen atoms in total. The Labute approximate surface area is 174 Å². The Morgan fingerprint density at radius 1 is 1.11 bits per heavy atom. The normalized spacial score (nSPS) is 19.1. The molecule has 0 saturated carbocycles. The molecule has 0 amide bonds. The van der Waals surface area contributed by atoms with E-state index in [0.29, 0.717) is 17.0 Å². The average molecular weight is 407 g/mol. The lowest BCUT2D eigenvalue weighted by Gasteiger charge is -2.33. The van der Waals surface area contributed by atoms with Gasteiger partial charge >= 0.3 is 0 Å². The fraction of sp³-hybridized carbons (Fsp3) is 0.217. The Hall–Kier alpha value is -2.48. The van der Waals surface area contributed by atoms with Gasteiger partial charge in [0, 0.05) is 28.5 Å². The summed E-state index contributed by atoms with van der Waals surface area (Å²) in [5, 5.41) is 14.9. The zero-order chi connectivity index (χ0) is 19.5. The van der Waals surface area contributed by atoms with Crippen LogP contribution in [0.3, 0.4) is 0 Å². The van der Waals surface area contributed by atoms with Gasteiger partial charge in [-0.15, -0.1) is 11.8 Å². The largest absolute Gasteiger partial charge is 0.352 e. The summed E-state index contributed by atoms with van der Waals surface area (Å²) in [7, 11) is 0. The first-order chi connectivity index (χ1) is 13.7. The van der Waals surface area contributed by atoms with Crippen LogP contribution in [0.15, 0.2) is 76.5 Å². The molecule has 5 heteroatoms. The van der Waals surface area contributed by atoms with E-state index >= 15 is 0 Å². The lowest BCUT2D eigenvalue weighted by Crippen LogP contribution is -2.31. The number of dihydropyridines is 1. The number of hydrogen-bond donors (Lipinski definition) is 1. The smallest absolute Gasteiger partial charge is 0.161 e. The van der Waals surface area contributed by atoms with E-state index in [4.69, 9.17) is 11.6 Å². The molecule has 0 aromatic heterocycles. The van der Waals surface area contributed by atoms with E-state index in [2.05, 4.69) is 23.5 Å². The van der Waals surface area contributed by atoms with Gasteiger partial charge in [-0.05, 0) is 36.1 Å². The van der Waals surface area contributed by atoms with Gasteiger partial charge < -0.3 is 5.32 Å². The molecule has 2 aromatic carbocycles. The van der Waals surface area contributed by atoms with Gasteiger partial charge in [0.25, 0.3) is 0 Å². The number of carbonyl (C=O) groups is 1. The molecule has 1 N–H and O–H groups in total. The molecule has 0 bridgehead atoms. The molecule has 0 unspecified atom stereocenters. The molecule has 28 heavy (non-hydrogen) atoms. The Morgan fingerprint density at radius 2 is 1.86 bits per heavy atom. The molecule has 2 aliphatic rings. The molecule has 1 atom stereocenters. The Kier molecular flexibility index (Phi) is 5.57. The minimum atomic E-state index is -0.329. The second-order valence-electron chi connectivity index (χ2n) is 6.91. The van der Waals surface area contributed by atoms with Crippen LogP contribution in [0.1, 0.15) is 36.3 Å². The van der Waals surface area contributed by atoms with Crippen molar-refractivity contribution in [2.45, 2.75) is 30.9 Å². The first-order valence-electron chi connectivity index (χ1n) is 9.27. The van der Waals surface area contributed by atoms with E-state index in [1.54, 1.807) is 11.8 Å². The number of allylic oxidation sites excluding steroid dienone is 3. The summed E-state index contributed by atoms with van der Waals surface area (Å²) in [5.41, 5.74) is 4.45. The van der Waals surface area contributed by atoms with Crippen molar-refractivity contribution >= 4 is 29.1 Å². The van der Waals surface area contributed by atoms with Gasteiger partial charge in [-0.2, -0.15) is 5.26 Å². The van der Waals surface area contributed by atoms with E-state index in [-0.39, 0.29) is 11.7 Å². The number of nitrogens with zero attached hydrogens (tertiary/aromatic N) is 1. The lowest BCUT2D eigenvalue weighted by atomic mass is 9.77. The average Bonchev–Trinajstić information content (AvgIpc) is 2.73. The van der Waals surface area contributed by atoms with Crippen LogP contribution in [0, 0.1) is 11.3 Å². The van der Waals surface area contributed by atoms with Crippen LogP contribution >= 0.6 is 23.4 Å². The molecule has 2 aromatic rings. The lowest BCUT2D eigenvalue weighted by molar-refractivity contribution is -0.116. The van der Waals surface area contributed by atoms with Crippen molar-refractivity contribution in [2.75, 3.05) is 0 Å². The third-order valence-electron chi connectivity index (χ3n) is 5.09. The predicted octanol–water partition coefficient (Wildman–Crippen LogP) is 5.70. The predicted molar refractivity (Wildman–Crippen MR) is 114 cm³/mol. The molecule has 1 aliphatic heterocycles. The summed E-state index contributed by atoms with van der Waals surface area (Å²) in [6.45, 7) is 0. The van der Waals surface area contributed by atoms with Crippen molar-refractivity contribution in [3.05, 3.63) is 92.6 Å². The monoisotopic (exact) mass is 406 g/mol. The second kappa shape index (κ2) is 8.26. The second-order valence-corrected chi connectivity index (χ2v) is 8.33. The number of thioether (sulfide) groups is 1. The van der Waals surface area contributed by atoms with Crippen molar-refractivity contribution in [3.8, 4) is 6.07 Å². The quantitative estimate of drug-likeness (QED) is 0.707. The maximum atomic E-state index is 12.8. The van der Waals surface area contributed by atoms with Crippen molar-refractivity contribution < 1.29 is 4.79 Å². The number of nitriles is 1. The fourth-order valence-electron chi connectivity index (χ4n) is 3.76. The third-order valence-corrected chi connectivity index (χ3v) is 6.43. The highest BCUT2D eigenvalue weighted by Gasteiger charge is 2.36. The molecule has 140 valence electrons. The number of hydrogen-bond acceptors (Lipinski definition) is 4. The Balaban J connectivity index is 1.75. The molecular weight excluding hydrogens is 388 g/mol. The number of halogens is 1. The van der Waals surface area contributed by atoms with E-state index in [9.17, 15) is 10.1 Å². The molecule has 4 rings (SSSR count). The van der Waals surface area contributed by atoms with Crippen molar-refractivity contribution in [1.29, 1.82) is 5.26 Å². The zero-order valence-corrected chi connectivity index (χ0v) is 16.8. The zero-order valence-electron chi connectivity index (χ0n) is 15.2. The Bertz CT molecular complexity index is 1000. The van der Waals surface area contributed by atoms with Gasteiger partial charge in [-0.3, -0.25) is 4.79 Å². The molecule has 0 spiro atoms. The third kappa shape index (κ3) is 3.73. The van der Waals surface area contributed by atoms with Crippen LogP contribution in [0.5, 0.6) is 0 Å². The van der Waals surface area contributed by atoms with E-state index in [1.165, 1.54) is 5.56 Å². The van der Waals surface area contributed by atoms with Gasteiger partial charge in [-0.25, -0.2) is 0 Å². The molecule has 1 heterocycles. The van der Waals surface area contributed by atoms with Crippen LogP contribution in [0.25, 0.3) is 0 Å². The van der Waals surface area contributed by atoms with E-state index < -0.39 is 0 Å². The molecule has 0 saturated heterocycles. The number of nitrogens with one attached hydrogen (secondary N) is 1. The number of benzene rings is 2. The summed E-state index contributed by atoms with van der Waals surface area (Å²) in [6, 6.07) is 20.0. The van der Waals surface area contributed by atoms with Crippen LogP contribution in [0.4, 0.5) is 0 Å². The van der Waals surface area contributed by atoms with Crippen molar-refractivity contribution in [3.63, 3.8) is 0 Å². The standard InChI is InChI=1S/C23H19ClN2OS/c24-17-11-9-16(10-12-17)21-18(13-25)23(28-14-15-5-2-1-3-6-15)26-19-7-4-8-20(27)22(19)21/h1-3,5-6,9-12,21,26H,4,7-8,14H2/t21-/m0/s1. The summed E-state index contributed by atoms with van der Waals surface area (Å²) in [5.74, 6) is 0.566. The fourth-order valence-corrected chi connectivity index (χ4v) is 4.90. The minimum absolute atomic E-state index is 0.133. The summed E-state index contributed by atoms with van der Waals surface area (Å²) in [4.78, 5) is 12.8. The minimum Gasteiger partial charge on any atom is -0.352 e. The summed E-state index contributed by atoms with van der Waals surface area (Å²) >= 11 is 7.68. The van der Waals surface area contributed by atoms with Gasteiger partial charge in [0.1, 0.15) is 0 Å². The molecule has 1 aliphatic carbocycles. The van der Waals surface area contributed by atoms with Crippen LogP contribution in [-0.2, 0) is 10.5 Å². The van der Waals surface area contributed by atoms with E-state index in [1.807, 2.05) is 42.5 Å². The highest BCUT2D eigenvalue weighted by Crippen LogP contribution is 2.44. The molecular formula is C23H19ClN2OS.